The predicted octanol–water partition coefficient (Wildman–Crippen LogP) is 2.17. The molecule has 2 aromatic rings. The van der Waals surface area contributed by atoms with Gasteiger partial charge in [0.15, 0.2) is 11.5 Å². The van der Waals surface area contributed by atoms with Crippen LogP contribution in [0.1, 0.15) is 42.4 Å². The maximum atomic E-state index is 12.2. The van der Waals surface area contributed by atoms with Crippen molar-refractivity contribution in [2.24, 2.45) is 11.7 Å². The van der Waals surface area contributed by atoms with Gasteiger partial charge in [-0.25, -0.2) is 9.97 Å². The molecular formula is C19H27N7O2S. The first-order valence-electron chi connectivity index (χ1n) is 9.60. The second-order valence-electron chi connectivity index (χ2n) is 7.58. The quantitative estimate of drug-likeness (QED) is 0.739. The number of hydrogen-bond donors (Lipinski definition) is 2. The molecule has 0 unspecified atom stereocenters. The van der Waals surface area contributed by atoms with Crippen LogP contribution in [0.4, 0.5) is 16.6 Å². The number of nitrogens with one attached hydrogen (secondary N) is 1. The summed E-state index contributed by atoms with van der Waals surface area (Å²) in [7, 11) is 3.56. The summed E-state index contributed by atoms with van der Waals surface area (Å²) in [6.07, 6.45) is 4.04. The molecule has 0 radical (unpaired) electrons. The van der Waals surface area contributed by atoms with Crippen LogP contribution in [0.15, 0.2) is 12.3 Å². The second kappa shape index (κ2) is 8.73. The number of aromatic nitrogens is 3. The lowest BCUT2D eigenvalue weighted by Gasteiger charge is -2.40. The van der Waals surface area contributed by atoms with Crippen LogP contribution in [0, 0.1) is 12.8 Å². The maximum Gasteiger partial charge on any atom is 0.271 e. The monoisotopic (exact) mass is 417 g/mol. The summed E-state index contributed by atoms with van der Waals surface area (Å²) >= 11 is 1.28. The van der Waals surface area contributed by atoms with Gasteiger partial charge in [-0.2, -0.15) is 4.37 Å². The Bertz CT molecular complexity index is 898. The summed E-state index contributed by atoms with van der Waals surface area (Å²) in [5, 5.41) is 3.88. The Morgan fingerprint density at radius 1 is 1.41 bits per heavy atom. The maximum absolute atomic E-state index is 12.2. The lowest BCUT2D eigenvalue weighted by atomic mass is 9.87. The van der Waals surface area contributed by atoms with Crippen LogP contribution in [0.25, 0.3) is 0 Å². The summed E-state index contributed by atoms with van der Waals surface area (Å²) in [4.78, 5) is 36.7. The molecule has 3 rings (SSSR count). The van der Waals surface area contributed by atoms with Crippen molar-refractivity contribution < 1.29 is 9.59 Å². The highest BCUT2D eigenvalue weighted by Gasteiger charge is 2.31. The average Bonchev–Trinajstić information content (AvgIpc) is 3.07. The number of carbonyl (C=O) groups excluding carboxylic acids is 2. The minimum atomic E-state index is -0.645. The van der Waals surface area contributed by atoms with Gasteiger partial charge in [0.2, 0.25) is 5.91 Å². The van der Waals surface area contributed by atoms with Gasteiger partial charge in [-0.05, 0) is 50.2 Å². The fourth-order valence-electron chi connectivity index (χ4n) is 3.55. The largest absolute Gasteiger partial charge is 0.364 e. The molecule has 0 aliphatic carbocycles. The highest BCUT2D eigenvalue weighted by atomic mass is 32.1. The van der Waals surface area contributed by atoms with Crippen LogP contribution in [-0.4, -0.2) is 57.7 Å². The number of carbonyl (C=O) groups is 2. The zero-order valence-corrected chi connectivity index (χ0v) is 18.0. The number of amides is 2. The molecule has 2 aromatic heterocycles. The number of nitrogens with zero attached hydrogens (tertiary/aromatic N) is 5. The molecule has 9 nitrogen and oxygen atoms in total. The van der Waals surface area contributed by atoms with Crippen molar-refractivity contribution in [1.29, 1.82) is 0 Å². The summed E-state index contributed by atoms with van der Waals surface area (Å²) in [6.45, 7) is 4.82. The fourth-order valence-corrected chi connectivity index (χ4v) is 4.21. The Balaban J connectivity index is 1.86. The Labute approximate surface area is 174 Å². The van der Waals surface area contributed by atoms with E-state index < -0.39 is 5.91 Å². The minimum absolute atomic E-state index is 0.0869. The molecule has 3 heterocycles. The number of hydrogen-bond acceptors (Lipinski definition) is 8. The van der Waals surface area contributed by atoms with Crippen LogP contribution in [0.3, 0.4) is 0 Å². The van der Waals surface area contributed by atoms with E-state index in [-0.39, 0.29) is 23.6 Å². The highest BCUT2D eigenvalue weighted by molar-refractivity contribution is 7.10. The van der Waals surface area contributed by atoms with E-state index in [9.17, 15) is 9.59 Å². The average molecular weight is 418 g/mol. The van der Waals surface area contributed by atoms with E-state index in [1.807, 2.05) is 13.0 Å². The smallest absolute Gasteiger partial charge is 0.271 e. The highest BCUT2D eigenvalue weighted by Crippen LogP contribution is 2.31. The standard InChI is InChI=1S/C19H27N7O2S/c1-11-8-15(29-24-11)23-19-17(18(20)28)21-10-14(22-19)26-7-5-6-13(12(26)2)9-16(27)25(3)4/h8,10,12-13H,5-7,9H2,1-4H3,(H2,20,28)(H,22,23)/t12-,13+/m0/s1. The first kappa shape index (κ1) is 21.0. The van der Waals surface area contributed by atoms with Crippen LogP contribution >= 0.6 is 11.5 Å². The van der Waals surface area contributed by atoms with E-state index >= 15 is 0 Å². The van der Waals surface area contributed by atoms with E-state index in [0.29, 0.717) is 18.1 Å². The summed E-state index contributed by atoms with van der Waals surface area (Å²) in [6, 6.07) is 2.00. The van der Waals surface area contributed by atoms with Gasteiger partial charge >= 0.3 is 0 Å². The van der Waals surface area contributed by atoms with Crippen molar-refractivity contribution in [2.45, 2.75) is 39.2 Å². The van der Waals surface area contributed by atoms with Crippen molar-refractivity contribution in [2.75, 3.05) is 30.9 Å². The van der Waals surface area contributed by atoms with Crippen LogP contribution < -0.4 is 16.0 Å². The van der Waals surface area contributed by atoms with Crippen molar-refractivity contribution in [1.82, 2.24) is 19.2 Å². The number of rotatable bonds is 6. The zero-order valence-electron chi connectivity index (χ0n) is 17.2. The molecule has 1 fully saturated rings. The molecule has 0 saturated carbocycles. The van der Waals surface area contributed by atoms with Gasteiger partial charge < -0.3 is 20.9 Å². The first-order valence-corrected chi connectivity index (χ1v) is 10.4. The molecule has 10 heteroatoms. The van der Waals surface area contributed by atoms with Crippen molar-refractivity contribution in [3.05, 3.63) is 23.7 Å². The summed E-state index contributed by atoms with van der Waals surface area (Å²) < 4.78 is 4.23. The molecule has 1 saturated heterocycles. The van der Waals surface area contributed by atoms with Crippen molar-refractivity contribution >= 4 is 40.0 Å². The number of piperidine rings is 1. The van der Waals surface area contributed by atoms with Gasteiger partial charge in [-0.1, -0.05) is 0 Å². The third kappa shape index (κ3) is 4.81. The molecule has 0 aromatic carbocycles. The van der Waals surface area contributed by atoms with E-state index in [0.717, 1.165) is 30.1 Å². The van der Waals surface area contributed by atoms with Gasteiger partial charge in [0.05, 0.1) is 11.9 Å². The summed E-state index contributed by atoms with van der Waals surface area (Å²) in [5.74, 6) is 0.693. The van der Waals surface area contributed by atoms with E-state index in [1.165, 1.54) is 11.5 Å². The molecule has 156 valence electrons. The van der Waals surface area contributed by atoms with E-state index in [4.69, 9.17) is 5.73 Å². The molecule has 1 aliphatic rings. The second-order valence-corrected chi connectivity index (χ2v) is 8.38. The van der Waals surface area contributed by atoms with Crippen LogP contribution in [0.2, 0.25) is 0 Å². The number of aryl methyl sites for hydroxylation is 1. The lowest BCUT2D eigenvalue weighted by molar-refractivity contribution is -0.130. The van der Waals surface area contributed by atoms with Crippen molar-refractivity contribution in [3.8, 4) is 0 Å². The molecule has 1 aliphatic heterocycles. The molecular weight excluding hydrogens is 390 g/mol. The molecule has 2 amide bonds. The number of primary amides is 1. The Morgan fingerprint density at radius 3 is 2.79 bits per heavy atom. The first-order chi connectivity index (χ1) is 13.8. The van der Waals surface area contributed by atoms with Crippen LogP contribution in [0.5, 0.6) is 0 Å². The van der Waals surface area contributed by atoms with Gasteiger partial charge in [0, 0.05) is 33.1 Å². The van der Waals surface area contributed by atoms with Crippen LogP contribution in [-0.2, 0) is 4.79 Å². The predicted molar refractivity (Wildman–Crippen MR) is 114 cm³/mol. The zero-order chi connectivity index (χ0) is 21.1. The van der Waals surface area contributed by atoms with E-state index in [1.54, 1.807) is 25.2 Å². The normalized spacial score (nSPS) is 19.1. The summed E-state index contributed by atoms with van der Waals surface area (Å²) in [5.41, 5.74) is 6.45. The molecule has 2 atom stereocenters. The molecule has 3 N–H and O–H groups in total. The minimum Gasteiger partial charge on any atom is -0.364 e. The number of anilines is 3. The Hall–Kier alpha value is -2.75. The molecule has 0 spiro atoms. The Morgan fingerprint density at radius 2 is 2.17 bits per heavy atom. The van der Waals surface area contributed by atoms with Crippen molar-refractivity contribution in [3.63, 3.8) is 0 Å². The van der Waals surface area contributed by atoms with Gasteiger partial charge in [-0.15, -0.1) is 0 Å². The molecule has 29 heavy (non-hydrogen) atoms. The third-order valence-corrected chi connectivity index (χ3v) is 6.04. The van der Waals surface area contributed by atoms with Gasteiger partial charge in [0.1, 0.15) is 10.8 Å². The number of nitrogens with two attached hydrogens (primary N) is 1. The lowest BCUT2D eigenvalue weighted by Crippen LogP contribution is -2.45. The van der Waals surface area contributed by atoms with E-state index in [2.05, 4.69) is 31.5 Å². The SMILES string of the molecule is Cc1cc(Nc2nc(N3CCC[C@H](CC(=O)N(C)C)[C@@H]3C)cnc2C(N)=O)sn1. The third-order valence-electron chi connectivity index (χ3n) is 5.24. The fraction of sp³-hybridized carbons (Fsp3) is 0.526. The topological polar surface area (TPSA) is 117 Å². The van der Waals surface area contributed by atoms with Gasteiger partial charge in [0.25, 0.3) is 5.91 Å². The molecule has 0 bridgehead atoms. The Kier molecular flexibility index (Phi) is 6.31. The van der Waals surface area contributed by atoms with Gasteiger partial charge in [-0.3, -0.25) is 9.59 Å².